The van der Waals surface area contributed by atoms with Gasteiger partial charge in [0, 0.05) is 16.4 Å². The predicted molar refractivity (Wildman–Crippen MR) is 92.1 cm³/mol. The molecule has 0 fully saturated rings. The van der Waals surface area contributed by atoms with Gasteiger partial charge in [0.05, 0.1) is 4.90 Å². The van der Waals surface area contributed by atoms with Crippen molar-refractivity contribution < 1.29 is 8.42 Å². The van der Waals surface area contributed by atoms with Gasteiger partial charge in [0.1, 0.15) is 0 Å². The number of halogens is 1. The van der Waals surface area contributed by atoms with E-state index in [2.05, 4.69) is 20.7 Å². The van der Waals surface area contributed by atoms with Crippen molar-refractivity contribution in [2.45, 2.75) is 11.4 Å². The summed E-state index contributed by atoms with van der Waals surface area (Å²) in [5.41, 5.74) is 0.895. The lowest BCUT2D eigenvalue weighted by atomic mass is 10.1. The Hall–Kier alpha value is -1.69. The maximum Gasteiger partial charge on any atom is 0.241 e. The smallest absolute Gasteiger partial charge is 0.207 e. The number of nitrogens with one attached hydrogen (secondary N) is 1. The quantitative estimate of drug-likeness (QED) is 0.746. The summed E-state index contributed by atoms with van der Waals surface area (Å²) in [5.74, 6) is 0. The zero-order chi connectivity index (χ0) is 15.6. The summed E-state index contributed by atoms with van der Waals surface area (Å²) in [7, 11) is -3.57. The lowest BCUT2D eigenvalue weighted by Crippen LogP contribution is -2.23. The van der Waals surface area contributed by atoms with Gasteiger partial charge in [-0.05, 0) is 23.1 Å². The van der Waals surface area contributed by atoms with Crippen LogP contribution in [0.2, 0.25) is 0 Å². The molecule has 0 saturated carbocycles. The van der Waals surface area contributed by atoms with E-state index in [9.17, 15) is 8.42 Å². The van der Waals surface area contributed by atoms with Crippen molar-refractivity contribution in [3.63, 3.8) is 0 Å². The second-order valence-corrected chi connectivity index (χ2v) is 7.48. The molecule has 112 valence electrons. The molecule has 22 heavy (non-hydrogen) atoms. The summed E-state index contributed by atoms with van der Waals surface area (Å²) in [6, 6.07) is 20.3. The largest absolute Gasteiger partial charge is 0.241 e. The molecular formula is C17H14BrNO2S. The van der Waals surface area contributed by atoms with E-state index in [4.69, 9.17) is 0 Å². The molecule has 3 aromatic carbocycles. The van der Waals surface area contributed by atoms with Gasteiger partial charge in [-0.25, -0.2) is 13.1 Å². The molecule has 3 aromatic rings. The summed E-state index contributed by atoms with van der Waals surface area (Å²) in [5, 5.41) is 1.64. The van der Waals surface area contributed by atoms with Crippen molar-refractivity contribution >= 4 is 36.7 Å². The Kier molecular flexibility index (Phi) is 4.29. The number of benzene rings is 3. The van der Waals surface area contributed by atoms with Crippen LogP contribution in [0.1, 0.15) is 5.56 Å². The molecule has 0 atom stereocenters. The van der Waals surface area contributed by atoms with Crippen molar-refractivity contribution in [3.8, 4) is 0 Å². The third kappa shape index (κ3) is 3.06. The molecular weight excluding hydrogens is 362 g/mol. The molecule has 0 bridgehead atoms. The van der Waals surface area contributed by atoms with Crippen LogP contribution < -0.4 is 4.72 Å². The Morgan fingerprint density at radius 3 is 2.36 bits per heavy atom. The molecule has 0 aliphatic carbocycles. The second-order valence-electron chi connectivity index (χ2n) is 4.89. The first kappa shape index (κ1) is 15.2. The fraction of sp³-hybridized carbons (Fsp3) is 0.0588. The minimum atomic E-state index is -3.57. The van der Waals surface area contributed by atoms with Crippen molar-refractivity contribution in [1.82, 2.24) is 4.72 Å². The molecule has 5 heteroatoms. The second kappa shape index (κ2) is 6.20. The molecule has 0 radical (unpaired) electrons. The summed E-state index contributed by atoms with van der Waals surface area (Å²) in [6.07, 6.45) is 0. The molecule has 1 N–H and O–H groups in total. The summed E-state index contributed by atoms with van der Waals surface area (Å²) in [6.45, 7) is 0.243. The SMILES string of the molecule is O=S(=O)(NCc1ccccc1Br)c1cccc2ccccc12. The molecule has 3 rings (SSSR count). The van der Waals surface area contributed by atoms with Crippen LogP contribution in [0.25, 0.3) is 10.8 Å². The third-order valence-electron chi connectivity index (χ3n) is 3.45. The van der Waals surface area contributed by atoms with E-state index in [0.29, 0.717) is 4.90 Å². The molecule has 0 aromatic heterocycles. The van der Waals surface area contributed by atoms with E-state index in [1.54, 1.807) is 12.1 Å². The molecule has 0 amide bonds. The standard InChI is InChI=1S/C17H14BrNO2S/c18-16-10-4-2-7-14(16)12-19-22(20,21)17-11-5-8-13-6-1-3-9-15(13)17/h1-11,19H,12H2. The van der Waals surface area contributed by atoms with Gasteiger partial charge in [-0.15, -0.1) is 0 Å². The first-order valence-corrected chi connectivity index (χ1v) is 9.06. The molecule has 0 spiro atoms. The van der Waals surface area contributed by atoms with Crippen LogP contribution in [0, 0.1) is 0 Å². The summed E-state index contributed by atoms with van der Waals surface area (Å²) >= 11 is 3.43. The predicted octanol–water partition coefficient (Wildman–Crippen LogP) is 4.08. The summed E-state index contributed by atoms with van der Waals surface area (Å²) in [4.78, 5) is 0.303. The van der Waals surface area contributed by atoms with Crippen LogP contribution in [-0.2, 0) is 16.6 Å². The van der Waals surface area contributed by atoms with Gasteiger partial charge in [-0.1, -0.05) is 70.5 Å². The van der Waals surface area contributed by atoms with Crippen LogP contribution in [0.3, 0.4) is 0 Å². The lowest BCUT2D eigenvalue weighted by molar-refractivity contribution is 0.582. The first-order chi connectivity index (χ1) is 10.6. The van der Waals surface area contributed by atoms with Crippen LogP contribution in [0.15, 0.2) is 76.1 Å². The van der Waals surface area contributed by atoms with Crippen LogP contribution in [-0.4, -0.2) is 8.42 Å². The van der Waals surface area contributed by atoms with E-state index < -0.39 is 10.0 Å². The van der Waals surface area contributed by atoms with Gasteiger partial charge in [0.2, 0.25) is 10.0 Å². The minimum absolute atomic E-state index is 0.243. The lowest BCUT2D eigenvalue weighted by Gasteiger charge is -2.10. The van der Waals surface area contributed by atoms with E-state index in [0.717, 1.165) is 20.8 Å². The number of sulfonamides is 1. The van der Waals surface area contributed by atoms with Gasteiger partial charge in [0.25, 0.3) is 0 Å². The zero-order valence-corrected chi connectivity index (χ0v) is 14.1. The highest BCUT2D eigenvalue weighted by Gasteiger charge is 2.17. The Morgan fingerprint density at radius 1 is 0.864 bits per heavy atom. The highest BCUT2D eigenvalue weighted by atomic mass is 79.9. The number of fused-ring (bicyclic) bond motifs is 1. The normalized spacial score (nSPS) is 11.7. The average Bonchev–Trinajstić information content (AvgIpc) is 2.53. The highest BCUT2D eigenvalue weighted by molar-refractivity contribution is 9.10. The van der Waals surface area contributed by atoms with Crippen molar-refractivity contribution in [1.29, 1.82) is 0 Å². The van der Waals surface area contributed by atoms with Crippen LogP contribution in [0.5, 0.6) is 0 Å². The van der Waals surface area contributed by atoms with Crippen LogP contribution >= 0.6 is 15.9 Å². The topological polar surface area (TPSA) is 46.2 Å². The molecule has 0 aliphatic heterocycles. The molecule has 0 saturated heterocycles. The van der Waals surface area contributed by atoms with Gasteiger partial charge >= 0.3 is 0 Å². The van der Waals surface area contributed by atoms with Crippen molar-refractivity contribution in [2.75, 3.05) is 0 Å². The molecule has 0 heterocycles. The maximum absolute atomic E-state index is 12.6. The van der Waals surface area contributed by atoms with Gasteiger partial charge < -0.3 is 0 Å². The van der Waals surface area contributed by atoms with E-state index in [1.165, 1.54) is 0 Å². The average molecular weight is 376 g/mol. The zero-order valence-electron chi connectivity index (χ0n) is 11.7. The van der Waals surface area contributed by atoms with Crippen molar-refractivity contribution in [3.05, 3.63) is 76.8 Å². The van der Waals surface area contributed by atoms with E-state index in [1.807, 2.05) is 54.6 Å². The number of rotatable bonds is 4. The fourth-order valence-electron chi connectivity index (χ4n) is 2.32. The maximum atomic E-state index is 12.6. The summed E-state index contributed by atoms with van der Waals surface area (Å²) < 4.78 is 28.8. The number of hydrogen-bond donors (Lipinski definition) is 1. The van der Waals surface area contributed by atoms with Crippen LogP contribution in [0.4, 0.5) is 0 Å². The fourth-order valence-corrected chi connectivity index (χ4v) is 3.98. The third-order valence-corrected chi connectivity index (χ3v) is 5.68. The minimum Gasteiger partial charge on any atom is -0.207 e. The van der Waals surface area contributed by atoms with Crippen molar-refractivity contribution in [2.24, 2.45) is 0 Å². The first-order valence-electron chi connectivity index (χ1n) is 6.79. The Morgan fingerprint density at radius 2 is 1.55 bits per heavy atom. The number of hydrogen-bond acceptors (Lipinski definition) is 2. The Labute approximate surface area is 138 Å². The Bertz CT molecular complexity index is 917. The Balaban J connectivity index is 1.94. The van der Waals surface area contributed by atoms with Gasteiger partial charge in [-0.2, -0.15) is 0 Å². The van der Waals surface area contributed by atoms with Gasteiger partial charge in [-0.3, -0.25) is 0 Å². The van der Waals surface area contributed by atoms with Gasteiger partial charge in [0.15, 0.2) is 0 Å². The highest BCUT2D eigenvalue weighted by Crippen LogP contribution is 2.23. The van der Waals surface area contributed by atoms with E-state index >= 15 is 0 Å². The van der Waals surface area contributed by atoms with E-state index in [-0.39, 0.29) is 6.54 Å². The molecule has 3 nitrogen and oxygen atoms in total. The monoisotopic (exact) mass is 375 g/mol. The molecule has 0 unspecified atom stereocenters. The molecule has 0 aliphatic rings.